The zero-order valence-electron chi connectivity index (χ0n) is 10.0. The summed E-state index contributed by atoms with van der Waals surface area (Å²) in [6.07, 6.45) is 9.33. The number of hydrogen-bond acceptors (Lipinski definition) is 2. The van der Waals surface area contributed by atoms with E-state index in [0.29, 0.717) is 11.8 Å². The quantitative estimate of drug-likeness (QED) is 0.697. The minimum absolute atomic E-state index is 0.219. The lowest BCUT2D eigenvalue weighted by atomic mass is 9.83. The maximum absolute atomic E-state index is 11.4. The molecule has 1 heterocycles. The highest BCUT2D eigenvalue weighted by atomic mass is 16.1. The van der Waals surface area contributed by atoms with E-state index < -0.39 is 0 Å². The molecule has 2 fully saturated rings. The zero-order valence-corrected chi connectivity index (χ0v) is 10.0. The molecule has 0 aromatic carbocycles. The van der Waals surface area contributed by atoms with Gasteiger partial charge in [-0.3, -0.25) is 9.69 Å². The van der Waals surface area contributed by atoms with E-state index in [9.17, 15) is 4.79 Å². The summed E-state index contributed by atoms with van der Waals surface area (Å²) in [6, 6.07) is 0.913. The molecular formula is C13H23NO. The second-order valence-corrected chi connectivity index (χ2v) is 5.33. The SMILES string of the molecule is CC(=O)C1CCC(C2CCCCC2)N1C. The van der Waals surface area contributed by atoms with E-state index in [4.69, 9.17) is 0 Å². The molecule has 1 aliphatic heterocycles. The molecule has 15 heavy (non-hydrogen) atoms. The molecule has 2 heteroatoms. The van der Waals surface area contributed by atoms with Gasteiger partial charge in [0.1, 0.15) is 5.78 Å². The summed E-state index contributed by atoms with van der Waals surface area (Å²) in [6.45, 7) is 1.74. The average molecular weight is 209 g/mol. The van der Waals surface area contributed by atoms with Gasteiger partial charge in [0.15, 0.2) is 0 Å². The van der Waals surface area contributed by atoms with Crippen molar-refractivity contribution in [3.63, 3.8) is 0 Å². The van der Waals surface area contributed by atoms with E-state index in [-0.39, 0.29) is 6.04 Å². The van der Waals surface area contributed by atoms with E-state index in [1.165, 1.54) is 38.5 Å². The Hall–Kier alpha value is -0.370. The van der Waals surface area contributed by atoms with Gasteiger partial charge in [0, 0.05) is 6.04 Å². The smallest absolute Gasteiger partial charge is 0.146 e. The number of hydrogen-bond donors (Lipinski definition) is 0. The van der Waals surface area contributed by atoms with Crippen LogP contribution in [0.5, 0.6) is 0 Å². The van der Waals surface area contributed by atoms with E-state index in [1.807, 2.05) is 0 Å². The normalized spacial score (nSPS) is 34.5. The summed E-state index contributed by atoms with van der Waals surface area (Å²) in [4.78, 5) is 13.8. The van der Waals surface area contributed by atoms with Crippen molar-refractivity contribution < 1.29 is 4.79 Å². The van der Waals surface area contributed by atoms with Crippen molar-refractivity contribution in [2.45, 2.75) is 64.0 Å². The van der Waals surface area contributed by atoms with E-state index in [0.717, 1.165) is 12.3 Å². The number of rotatable bonds is 2. The third-order valence-electron chi connectivity index (χ3n) is 4.41. The van der Waals surface area contributed by atoms with Crippen LogP contribution in [0.1, 0.15) is 51.9 Å². The van der Waals surface area contributed by atoms with Crippen molar-refractivity contribution in [1.29, 1.82) is 0 Å². The molecule has 1 saturated carbocycles. The highest BCUT2D eigenvalue weighted by molar-refractivity contribution is 5.81. The summed E-state index contributed by atoms with van der Waals surface area (Å²) in [7, 11) is 2.15. The molecule has 0 N–H and O–H groups in total. The van der Waals surface area contributed by atoms with Gasteiger partial charge in [-0.15, -0.1) is 0 Å². The van der Waals surface area contributed by atoms with Crippen molar-refractivity contribution in [3.05, 3.63) is 0 Å². The van der Waals surface area contributed by atoms with Crippen LogP contribution in [0.15, 0.2) is 0 Å². The molecular weight excluding hydrogens is 186 g/mol. The van der Waals surface area contributed by atoms with Crippen LogP contribution in [0.4, 0.5) is 0 Å². The molecule has 2 atom stereocenters. The molecule has 2 unspecified atom stereocenters. The van der Waals surface area contributed by atoms with E-state index in [1.54, 1.807) is 6.92 Å². The lowest BCUT2D eigenvalue weighted by Gasteiger charge is -2.33. The standard InChI is InChI=1S/C13H23NO/c1-10(15)12-8-9-13(14(12)2)11-6-4-3-5-7-11/h11-13H,3-9H2,1-2H3. The number of carbonyl (C=O) groups excluding carboxylic acids is 1. The van der Waals surface area contributed by atoms with Crippen molar-refractivity contribution in [3.8, 4) is 0 Å². The first-order chi connectivity index (χ1) is 7.20. The third kappa shape index (κ3) is 2.25. The van der Waals surface area contributed by atoms with Gasteiger partial charge in [-0.1, -0.05) is 19.3 Å². The molecule has 2 aliphatic rings. The van der Waals surface area contributed by atoms with Gasteiger partial charge in [0.05, 0.1) is 6.04 Å². The third-order valence-corrected chi connectivity index (χ3v) is 4.41. The van der Waals surface area contributed by atoms with Crippen molar-refractivity contribution in [1.82, 2.24) is 4.90 Å². The van der Waals surface area contributed by atoms with Crippen molar-refractivity contribution >= 4 is 5.78 Å². The number of nitrogens with zero attached hydrogens (tertiary/aromatic N) is 1. The Bertz CT molecular complexity index is 233. The van der Waals surface area contributed by atoms with Crippen LogP contribution in [0.2, 0.25) is 0 Å². The molecule has 0 aromatic rings. The molecule has 0 amide bonds. The molecule has 2 nitrogen and oxygen atoms in total. The van der Waals surface area contributed by atoms with Gasteiger partial charge >= 0.3 is 0 Å². The Morgan fingerprint density at radius 3 is 2.27 bits per heavy atom. The molecule has 0 radical (unpaired) electrons. The van der Waals surface area contributed by atoms with Crippen LogP contribution in [0.3, 0.4) is 0 Å². The largest absolute Gasteiger partial charge is 0.298 e. The van der Waals surface area contributed by atoms with Crippen molar-refractivity contribution in [2.75, 3.05) is 7.05 Å². The Morgan fingerprint density at radius 1 is 1.07 bits per heavy atom. The van der Waals surface area contributed by atoms with Gasteiger partial charge in [0.25, 0.3) is 0 Å². The Labute approximate surface area is 93.0 Å². The molecule has 0 spiro atoms. The minimum atomic E-state index is 0.219. The van der Waals surface area contributed by atoms with Crippen LogP contribution in [-0.2, 0) is 4.79 Å². The van der Waals surface area contributed by atoms with Gasteiger partial charge in [-0.2, -0.15) is 0 Å². The number of likely N-dealkylation sites (tertiary alicyclic amines) is 1. The summed E-state index contributed by atoms with van der Waals surface area (Å²) >= 11 is 0. The molecule has 0 aromatic heterocycles. The van der Waals surface area contributed by atoms with Gasteiger partial charge < -0.3 is 0 Å². The second kappa shape index (κ2) is 4.65. The van der Waals surface area contributed by atoms with Crippen LogP contribution < -0.4 is 0 Å². The first-order valence-corrected chi connectivity index (χ1v) is 6.42. The molecule has 2 rings (SSSR count). The van der Waals surface area contributed by atoms with E-state index >= 15 is 0 Å². The predicted molar refractivity (Wildman–Crippen MR) is 61.8 cm³/mol. The summed E-state index contributed by atoms with van der Waals surface area (Å²) in [5.41, 5.74) is 0. The fourth-order valence-corrected chi connectivity index (χ4v) is 3.54. The number of Topliss-reactive ketones (excluding diaryl/α,β-unsaturated/α-hetero) is 1. The van der Waals surface area contributed by atoms with Crippen LogP contribution in [0, 0.1) is 5.92 Å². The predicted octanol–water partition coefficient (Wildman–Crippen LogP) is 2.62. The summed E-state index contributed by atoms with van der Waals surface area (Å²) in [5.74, 6) is 1.23. The average Bonchev–Trinajstić information content (AvgIpc) is 2.61. The molecule has 86 valence electrons. The lowest BCUT2D eigenvalue weighted by molar-refractivity contribution is -0.121. The number of likely N-dealkylation sites (N-methyl/N-ethyl adjacent to an activating group) is 1. The van der Waals surface area contributed by atoms with Crippen LogP contribution >= 0.6 is 0 Å². The topological polar surface area (TPSA) is 20.3 Å². The fraction of sp³-hybridized carbons (Fsp3) is 0.923. The first kappa shape index (κ1) is 11.1. The number of ketones is 1. The highest BCUT2D eigenvalue weighted by Gasteiger charge is 2.37. The van der Waals surface area contributed by atoms with Crippen molar-refractivity contribution in [2.24, 2.45) is 5.92 Å². The maximum Gasteiger partial charge on any atom is 0.146 e. The van der Waals surface area contributed by atoms with Crippen LogP contribution in [-0.4, -0.2) is 29.8 Å². The number of carbonyl (C=O) groups is 1. The van der Waals surface area contributed by atoms with E-state index in [2.05, 4.69) is 11.9 Å². The summed E-state index contributed by atoms with van der Waals surface area (Å²) < 4.78 is 0. The monoisotopic (exact) mass is 209 g/mol. The molecule has 1 saturated heterocycles. The Morgan fingerprint density at radius 2 is 1.73 bits per heavy atom. The maximum atomic E-state index is 11.4. The molecule has 0 bridgehead atoms. The lowest BCUT2D eigenvalue weighted by Crippen LogP contribution is -2.40. The Balaban J connectivity index is 1.96. The summed E-state index contributed by atoms with van der Waals surface area (Å²) in [5, 5.41) is 0. The fourth-order valence-electron chi connectivity index (χ4n) is 3.54. The van der Waals surface area contributed by atoms with Gasteiger partial charge in [-0.05, 0) is 45.6 Å². The minimum Gasteiger partial charge on any atom is -0.298 e. The van der Waals surface area contributed by atoms with Gasteiger partial charge in [0.2, 0.25) is 0 Å². The highest BCUT2D eigenvalue weighted by Crippen LogP contribution is 2.35. The van der Waals surface area contributed by atoms with Crippen LogP contribution in [0.25, 0.3) is 0 Å². The Kier molecular flexibility index (Phi) is 3.45. The van der Waals surface area contributed by atoms with Gasteiger partial charge in [-0.25, -0.2) is 0 Å². The zero-order chi connectivity index (χ0) is 10.8. The first-order valence-electron chi connectivity index (χ1n) is 6.42. The molecule has 1 aliphatic carbocycles. The second-order valence-electron chi connectivity index (χ2n) is 5.33.